The van der Waals surface area contributed by atoms with Crippen molar-refractivity contribution in [3.05, 3.63) is 29.8 Å². The molecule has 0 heterocycles. The van der Waals surface area contributed by atoms with Crippen molar-refractivity contribution in [2.45, 2.75) is 51.0 Å². The average Bonchev–Trinajstić information content (AvgIpc) is 2.53. The molecule has 1 aromatic rings. The summed E-state index contributed by atoms with van der Waals surface area (Å²) in [6.07, 6.45) is 7.80. The quantitative estimate of drug-likeness (QED) is 0.807. The van der Waals surface area contributed by atoms with Crippen molar-refractivity contribution in [3.63, 3.8) is 0 Å². The molecular formula is C20H26N2O2S. The van der Waals surface area contributed by atoms with Gasteiger partial charge in [-0.05, 0) is 99.7 Å². The molecule has 2 N–H and O–H groups in total. The molecule has 5 rings (SSSR count). The lowest BCUT2D eigenvalue weighted by molar-refractivity contribution is -0.0101. The van der Waals surface area contributed by atoms with Gasteiger partial charge in [0.2, 0.25) is 0 Å². The lowest BCUT2D eigenvalue weighted by Crippen LogP contribution is -2.61. The molecule has 0 atom stereocenters. The smallest absolute Gasteiger partial charge is 0.257 e. The van der Waals surface area contributed by atoms with Gasteiger partial charge in [-0.1, -0.05) is 0 Å². The molecule has 5 heteroatoms. The Labute approximate surface area is 154 Å². The van der Waals surface area contributed by atoms with E-state index in [-0.39, 0.29) is 11.4 Å². The molecule has 4 bridgehead atoms. The molecule has 0 radical (unpaired) electrons. The summed E-state index contributed by atoms with van der Waals surface area (Å²) in [4.78, 5) is 12.4. The van der Waals surface area contributed by atoms with Crippen LogP contribution in [0.2, 0.25) is 0 Å². The van der Waals surface area contributed by atoms with Crippen LogP contribution in [0.5, 0.6) is 5.75 Å². The van der Waals surface area contributed by atoms with Crippen LogP contribution in [-0.2, 0) is 0 Å². The Morgan fingerprint density at radius 2 is 1.68 bits per heavy atom. The topological polar surface area (TPSA) is 50.4 Å². The molecule has 1 amide bonds. The maximum absolute atomic E-state index is 12.4. The van der Waals surface area contributed by atoms with E-state index < -0.39 is 0 Å². The lowest BCUT2D eigenvalue weighted by atomic mass is 9.53. The second-order valence-corrected chi connectivity index (χ2v) is 8.47. The Bertz CT molecular complexity index is 635. The van der Waals surface area contributed by atoms with E-state index in [1.54, 1.807) is 12.1 Å². The van der Waals surface area contributed by atoms with Gasteiger partial charge < -0.3 is 10.1 Å². The molecule has 134 valence electrons. The number of nitrogens with one attached hydrogen (secondary N) is 2. The summed E-state index contributed by atoms with van der Waals surface area (Å²) in [6, 6.07) is 7.17. The van der Waals surface area contributed by atoms with Gasteiger partial charge in [0.05, 0.1) is 6.61 Å². The number of ether oxygens (including phenoxy) is 1. The van der Waals surface area contributed by atoms with Crippen molar-refractivity contribution in [1.82, 2.24) is 10.6 Å². The highest BCUT2D eigenvalue weighted by molar-refractivity contribution is 7.80. The minimum absolute atomic E-state index is 0.123. The van der Waals surface area contributed by atoms with Gasteiger partial charge in [-0.15, -0.1) is 0 Å². The summed E-state index contributed by atoms with van der Waals surface area (Å²) >= 11 is 5.47. The largest absolute Gasteiger partial charge is 0.494 e. The van der Waals surface area contributed by atoms with Gasteiger partial charge in [-0.3, -0.25) is 10.1 Å². The molecule has 4 fully saturated rings. The zero-order chi connectivity index (χ0) is 17.4. The number of carbonyl (C=O) groups excluding carboxylic acids is 1. The van der Waals surface area contributed by atoms with E-state index in [0.29, 0.717) is 17.3 Å². The highest BCUT2D eigenvalue weighted by Crippen LogP contribution is 2.55. The fourth-order valence-corrected chi connectivity index (χ4v) is 5.89. The van der Waals surface area contributed by atoms with Crippen molar-refractivity contribution in [3.8, 4) is 5.75 Å². The first-order valence-electron chi connectivity index (χ1n) is 9.41. The molecule has 1 aromatic carbocycles. The number of thiocarbonyl (C=S) groups is 1. The van der Waals surface area contributed by atoms with Gasteiger partial charge in [-0.2, -0.15) is 0 Å². The van der Waals surface area contributed by atoms with Crippen LogP contribution in [0.4, 0.5) is 0 Å². The van der Waals surface area contributed by atoms with Crippen molar-refractivity contribution in [2.75, 3.05) is 6.61 Å². The van der Waals surface area contributed by atoms with Crippen molar-refractivity contribution < 1.29 is 9.53 Å². The van der Waals surface area contributed by atoms with Crippen LogP contribution in [0.25, 0.3) is 0 Å². The summed E-state index contributed by atoms with van der Waals surface area (Å²) in [5, 5.41) is 6.87. The summed E-state index contributed by atoms with van der Waals surface area (Å²) in [6.45, 7) is 2.56. The first kappa shape index (κ1) is 16.8. The van der Waals surface area contributed by atoms with Crippen molar-refractivity contribution in [1.29, 1.82) is 0 Å². The Balaban J connectivity index is 1.36. The van der Waals surface area contributed by atoms with Crippen LogP contribution < -0.4 is 15.4 Å². The first-order chi connectivity index (χ1) is 12.0. The van der Waals surface area contributed by atoms with Crippen LogP contribution >= 0.6 is 12.2 Å². The fourth-order valence-electron chi connectivity index (χ4n) is 5.58. The monoisotopic (exact) mass is 358 g/mol. The number of carbonyl (C=O) groups is 1. The molecular weight excluding hydrogens is 332 g/mol. The summed E-state index contributed by atoms with van der Waals surface area (Å²) in [7, 11) is 0. The van der Waals surface area contributed by atoms with E-state index in [9.17, 15) is 4.79 Å². The van der Waals surface area contributed by atoms with Crippen LogP contribution in [-0.4, -0.2) is 23.2 Å². The SMILES string of the molecule is CCOc1ccc(C(=O)NC(=S)NC23CC4CC(CC(C4)C2)C3)cc1. The Morgan fingerprint density at radius 3 is 2.20 bits per heavy atom. The van der Waals surface area contributed by atoms with Gasteiger partial charge in [0.15, 0.2) is 5.11 Å². The molecule has 0 unspecified atom stereocenters. The second kappa shape index (κ2) is 6.60. The highest BCUT2D eigenvalue weighted by Gasteiger charge is 2.51. The maximum Gasteiger partial charge on any atom is 0.257 e. The zero-order valence-corrected chi connectivity index (χ0v) is 15.5. The molecule has 0 saturated heterocycles. The summed E-state index contributed by atoms with van der Waals surface area (Å²) < 4.78 is 5.41. The number of benzene rings is 1. The van der Waals surface area contributed by atoms with E-state index in [4.69, 9.17) is 17.0 Å². The van der Waals surface area contributed by atoms with Crippen LogP contribution in [0, 0.1) is 17.8 Å². The van der Waals surface area contributed by atoms with Crippen molar-refractivity contribution >= 4 is 23.2 Å². The molecule has 25 heavy (non-hydrogen) atoms. The second-order valence-electron chi connectivity index (χ2n) is 8.06. The minimum atomic E-state index is -0.162. The summed E-state index contributed by atoms with van der Waals surface area (Å²) in [5.74, 6) is 3.16. The highest BCUT2D eigenvalue weighted by atomic mass is 32.1. The normalized spacial score (nSPS) is 32.3. The molecule has 0 aromatic heterocycles. The van der Waals surface area contributed by atoms with Gasteiger partial charge >= 0.3 is 0 Å². The Morgan fingerprint density at radius 1 is 1.12 bits per heavy atom. The van der Waals surface area contributed by atoms with E-state index in [0.717, 1.165) is 23.5 Å². The maximum atomic E-state index is 12.4. The first-order valence-corrected chi connectivity index (χ1v) is 9.82. The van der Waals surface area contributed by atoms with E-state index >= 15 is 0 Å². The number of amides is 1. The molecule has 4 nitrogen and oxygen atoms in total. The van der Waals surface area contributed by atoms with Gasteiger partial charge in [0.1, 0.15) is 5.75 Å². The van der Waals surface area contributed by atoms with Crippen LogP contribution in [0.15, 0.2) is 24.3 Å². The minimum Gasteiger partial charge on any atom is -0.494 e. The van der Waals surface area contributed by atoms with Crippen molar-refractivity contribution in [2.24, 2.45) is 17.8 Å². The third-order valence-electron chi connectivity index (χ3n) is 6.07. The predicted molar refractivity (Wildman–Crippen MR) is 102 cm³/mol. The zero-order valence-electron chi connectivity index (χ0n) is 14.7. The fraction of sp³-hybridized carbons (Fsp3) is 0.600. The Hall–Kier alpha value is -1.62. The number of hydrogen-bond donors (Lipinski definition) is 2. The molecule has 0 aliphatic heterocycles. The predicted octanol–water partition coefficient (Wildman–Crippen LogP) is 3.66. The lowest BCUT2D eigenvalue weighted by Gasteiger charge is -2.57. The molecule has 4 aliphatic rings. The average molecular weight is 359 g/mol. The Kier molecular flexibility index (Phi) is 4.44. The molecule has 0 spiro atoms. The van der Waals surface area contributed by atoms with Crippen LogP contribution in [0.1, 0.15) is 55.8 Å². The standard InChI is InChI=1S/C20H26N2O2S/c1-2-24-17-5-3-16(4-6-17)18(23)21-19(25)22-20-10-13-7-14(11-20)9-15(8-13)12-20/h3-6,13-15H,2,7-12H2,1H3,(H2,21,22,23,25). The van der Waals surface area contributed by atoms with E-state index in [1.807, 2.05) is 19.1 Å². The van der Waals surface area contributed by atoms with Gasteiger partial charge in [-0.25, -0.2) is 0 Å². The van der Waals surface area contributed by atoms with Gasteiger partial charge in [0, 0.05) is 11.1 Å². The van der Waals surface area contributed by atoms with Gasteiger partial charge in [0.25, 0.3) is 5.91 Å². The van der Waals surface area contributed by atoms with Crippen LogP contribution in [0.3, 0.4) is 0 Å². The van der Waals surface area contributed by atoms with E-state index in [2.05, 4.69) is 10.6 Å². The number of hydrogen-bond acceptors (Lipinski definition) is 3. The van der Waals surface area contributed by atoms with E-state index in [1.165, 1.54) is 38.5 Å². The molecule has 4 saturated carbocycles. The molecule has 4 aliphatic carbocycles. The third-order valence-corrected chi connectivity index (χ3v) is 6.28. The summed E-state index contributed by atoms with van der Waals surface area (Å²) in [5.41, 5.74) is 0.718. The number of rotatable bonds is 4. The third kappa shape index (κ3) is 3.52.